The monoisotopic (exact) mass is 527 g/mol. The average Bonchev–Trinajstić information content (AvgIpc) is 3.38. The normalized spacial score (nSPS) is 18.0. The molecule has 0 saturated heterocycles. The fourth-order valence-electron chi connectivity index (χ4n) is 6.17. The second-order valence-electron chi connectivity index (χ2n) is 9.84. The summed E-state index contributed by atoms with van der Waals surface area (Å²) >= 11 is -2.03. The standard InChI is InChI=1S/C12H21N2Si.2C10H9.Ti/c1-5-9-13(10-6-2)15-14(11-7-3)12-8-4;2*1-8-6-9-4-2-3-5-10(9)7-8;/h5-8,15H,1-4,9-12H2;2*2-7H,1H3;. The number of hydrogen-bond acceptors (Lipinski definition) is 2. The predicted octanol–water partition coefficient (Wildman–Crippen LogP) is 6.99. The van der Waals surface area contributed by atoms with Crippen molar-refractivity contribution in [2.24, 2.45) is 0 Å². The third kappa shape index (κ3) is 5.23. The van der Waals surface area contributed by atoms with Crippen LogP contribution in [0.25, 0.3) is 12.2 Å². The summed E-state index contributed by atoms with van der Waals surface area (Å²) in [5.74, 6) is 0. The molecular weight excluding hydrogens is 488 g/mol. The van der Waals surface area contributed by atoms with Gasteiger partial charge >= 0.3 is 226 Å². The molecule has 2 aliphatic rings. The van der Waals surface area contributed by atoms with Gasteiger partial charge in [-0.1, -0.05) is 0 Å². The van der Waals surface area contributed by atoms with Crippen molar-refractivity contribution >= 4 is 19.1 Å². The fraction of sp³-hybridized carbons (Fsp3) is 0.250. The first-order valence-electron chi connectivity index (χ1n) is 12.9. The summed E-state index contributed by atoms with van der Waals surface area (Å²) in [6.45, 7) is 23.2. The molecule has 0 bridgehead atoms. The quantitative estimate of drug-likeness (QED) is 0.205. The SMILES string of the molecule is C=CCN(CC=C)[SiH](N(CC=C)CC=C)[Ti]([CH]1C(C)=Cc2ccccc21)[CH]1C(C)=Cc2ccccc21. The van der Waals surface area contributed by atoms with Crippen LogP contribution in [0.4, 0.5) is 0 Å². The Morgan fingerprint density at radius 2 is 1.03 bits per heavy atom. The maximum absolute atomic E-state index is 4.16. The minimum atomic E-state index is -2.03. The Labute approximate surface area is 225 Å². The van der Waals surface area contributed by atoms with Gasteiger partial charge in [-0.05, 0) is 0 Å². The van der Waals surface area contributed by atoms with Crippen LogP contribution in [0.3, 0.4) is 0 Å². The molecule has 0 heterocycles. The van der Waals surface area contributed by atoms with Crippen LogP contribution in [0.15, 0.2) is 110 Å². The average molecular weight is 528 g/mol. The summed E-state index contributed by atoms with van der Waals surface area (Å²) in [4.78, 5) is 0. The van der Waals surface area contributed by atoms with Gasteiger partial charge in [0.25, 0.3) is 0 Å². The summed E-state index contributed by atoms with van der Waals surface area (Å²) in [6, 6.07) is 18.2. The van der Waals surface area contributed by atoms with E-state index in [4.69, 9.17) is 0 Å². The van der Waals surface area contributed by atoms with E-state index in [2.05, 4.69) is 134 Å². The number of hydrogen-bond donors (Lipinski definition) is 0. The summed E-state index contributed by atoms with van der Waals surface area (Å²) < 4.78 is 6.52. The van der Waals surface area contributed by atoms with Gasteiger partial charge in [-0.3, -0.25) is 0 Å². The van der Waals surface area contributed by atoms with Crippen LogP contribution >= 0.6 is 0 Å². The molecule has 0 amide bonds. The molecule has 36 heavy (non-hydrogen) atoms. The Morgan fingerprint density at radius 3 is 1.39 bits per heavy atom. The van der Waals surface area contributed by atoms with Crippen molar-refractivity contribution in [2.45, 2.75) is 22.3 Å². The molecule has 0 radical (unpaired) electrons. The first-order chi connectivity index (χ1) is 17.5. The van der Waals surface area contributed by atoms with Crippen molar-refractivity contribution in [3.05, 3.63) is 133 Å². The molecule has 2 atom stereocenters. The fourth-order valence-corrected chi connectivity index (χ4v) is 26.2. The third-order valence-electron chi connectivity index (χ3n) is 7.40. The third-order valence-corrected chi connectivity index (χ3v) is 23.7. The summed E-state index contributed by atoms with van der Waals surface area (Å²) in [7, 11) is 0. The van der Waals surface area contributed by atoms with Gasteiger partial charge in [-0.2, -0.15) is 0 Å². The molecule has 0 aliphatic heterocycles. The molecule has 4 rings (SSSR count). The second-order valence-corrected chi connectivity index (χ2v) is 20.6. The predicted molar refractivity (Wildman–Crippen MR) is 157 cm³/mol. The van der Waals surface area contributed by atoms with Gasteiger partial charge in [-0.15, -0.1) is 0 Å². The van der Waals surface area contributed by atoms with E-state index in [9.17, 15) is 0 Å². The zero-order valence-electron chi connectivity index (χ0n) is 21.9. The topological polar surface area (TPSA) is 6.48 Å². The Morgan fingerprint density at radius 1 is 0.667 bits per heavy atom. The van der Waals surface area contributed by atoms with Crippen molar-refractivity contribution in [2.75, 3.05) is 26.2 Å². The van der Waals surface area contributed by atoms with Crippen LogP contribution in [-0.2, 0) is 17.1 Å². The van der Waals surface area contributed by atoms with E-state index < -0.39 is 24.1 Å². The van der Waals surface area contributed by atoms with E-state index in [0.717, 1.165) is 26.2 Å². The molecular formula is C32H39N2SiTi. The molecule has 2 aliphatic carbocycles. The van der Waals surface area contributed by atoms with E-state index in [1.165, 1.54) is 33.4 Å². The van der Waals surface area contributed by atoms with Crippen LogP contribution in [0.5, 0.6) is 0 Å². The minimum absolute atomic E-state index is 0.520. The first kappa shape index (κ1) is 26.8. The van der Waals surface area contributed by atoms with Crippen molar-refractivity contribution in [3.63, 3.8) is 0 Å². The molecule has 2 aromatic carbocycles. The zero-order valence-corrected chi connectivity index (χ0v) is 24.6. The van der Waals surface area contributed by atoms with Gasteiger partial charge in [0.05, 0.1) is 0 Å². The Bertz CT molecular complexity index is 1080. The van der Waals surface area contributed by atoms with Gasteiger partial charge in [0.2, 0.25) is 0 Å². The summed E-state index contributed by atoms with van der Waals surface area (Å²) in [5.41, 5.74) is 8.96. The number of benzene rings is 2. The molecule has 2 nitrogen and oxygen atoms in total. The van der Waals surface area contributed by atoms with Gasteiger partial charge in [-0.25, -0.2) is 0 Å². The van der Waals surface area contributed by atoms with Crippen molar-refractivity contribution < 1.29 is 17.1 Å². The van der Waals surface area contributed by atoms with Crippen molar-refractivity contribution in [1.82, 2.24) is 9.13 Å². The Kier molecular flexibility index (Phi) is 9.16. The molecule has 4 heteroatoms. The maximum atomic E-state index is 4.16. The van der Waals surface area contributed by atoms with Crippen molar-refractivity contribution in [3.8, 4) is 0 Å². The van der Waals surface area contributed by atoms with Crippen LogP contribution in [0, 0.1) is 0 Å². The van der Waals surface area contributed by atoms with Crippen LogP contribution < -0.4 is 0 Å². The molecule has 185 valence electrons. The Balaban J connectivity index is 1.97. The van der Waals surface area contributed by atoms with Crippen LogP contribution in [-0.4, -0.2) is 42.3 Å². The van der Waals surface area contributed by atoms with E-state index in [1.807, 2.05) is 0 Å². The van der Waals surface area contributed by atoms with Gasteiger partial charge in [0.15, 0.2) is 0 Å². The van der Waals surface area contributed by atoms with E-state index in [-0.39, 0.29) is 0 Å². The van der Waals surface area contributed by atoms with Gasteiger partial charge in [0.1, 0.15) is 0 Å². The molecule has 0 aromatic heterocycles. The molecule has 0 spiro atoms. The van der Waals surface area contributed by atoms with E-state index in [0.29, 0.717) is 8.45 Å². The zero-order chi connectivity index (χ0) is 25.7. The molecule has 0 N–H and O–H groups in total. The van der Waals surface area contributed by atoms with Crippen molar-refractivity contribution in [1.29, 1.82) is 0 Å². The number of nitrogens with zero attached hydrogens (tertiary/aromatic N) is 2. The van der Waals surface area contributed by atoms with Crippen LogP contribution in [0.1, 0.15) is 44.5 Å². The number of fused-ring (bicyclic) bond motifs is 2. The molecule has 0 saturated carbocycles. The number of allylic oxidation sites excluding steroid dienone is 2. The second kappa shape index (κ2) is 12.3. The molecule has 2 aromatic rings. The van der Waals surface area contributed by atoms with Gasteiger partial charge in [0, 0.05) is 0 Å². The molecule has 2 unspecified atom stereocenters. The van der Waals surface area contributed by atoms with Gasteiger partial charge < -0.3 is 0 Å². The van der Waals surface area contributed by atoms with Crippen LogP contribution in [0.2, 0.25) is 0 Å². The number of rotatable bonds is 13. The summed E-state index contributed by atoms with van der Waals surface area (Å²) in [6.07, 6.45) is 13.2. The first-order valence-corrected chi connectivity index (χ1v) is 19.0. The molecule has 0 fully saturated rings. The Hall–Kier alpha value is -2.27. The summed E-state index contributed by atoms with van der Waals surface area (Å²) in [5, 5.41) is 0. The van der Waals surface area contributed by atoms with E-state index >= 15 is 0 Å². The van der Waals surface area contributed by atoms with E-state index in [1.54, 1.807) is 0 Å².